The highest BCUT2D eigenvalue weighted by molar-refractivity contribution is 6.05. The number of hydrogen-bond acceptors (Lipinski definition) is 5. The normalized spacial score (nSPS) is 12.2. The summed E-state index contributed by atoms with van der Waals surface area (Å²) in [6.45, 7) is 6.37. The molecule has 3 aromatic carbocycles. The number of fused-ring (bicyclic) bond motifs is 1. The quantitative estimate of drug-likeness (QED) is 0.271. The second kappa shape index (κ2) is 9.05. The fourth-order valence-electron chi connectivity index (χ4n) is 4.08. The summed E-state index contributed by atoms with van der Waals surface area (Å²) >= 11 is 0. The summed E-state index contributed by atoms with van der Waals surface area (Å²) in [5.74, 6) is -2.63. The second-order valence-corrected chi connectivity index (χ2v) is 9.84. The number of carbonyl (C=O) groups excluding carboxylic acids is 1. The number of carbonyl (C=O) groups is 1. The van der Waals surface area contributed by atoms with Crippen LogP contribution in [0.2, 0.25) is 0 Å². The molecule has 0 saturated carbocycles. The van der Waals surface area contributed by atoms with Crippen LogP contribution in [0.1, 0.15) is 42.6 Å². The van der Waals surface area contributed by atoms with Crippen molar-refractivity contribution < 1.29 is 22.4 Å². The molecule has 7 nitrogen and oxygen atoms in total. The van der Waals surface area contributed by atoms with Crippen LogP contribution in [0.15, 0.2) is 77.2 Å². The molecule has 10 heteroatoms. The fourth-order valence-corrected chi connectivity index (χ4v) is 4.08. The molecule has 38 heavy (non-hydrogen) atoms. The van der Waals surface area contributed by atoms with Crippen molar-refractivity contribution in [2.45, 2.75) is 32.4 Å². The van der Waals surface area contributed by atoms with Crippen LogP contribution in [-0.4, -0.2) is 20.7 Å². The lowest BCUT2D eigenvalue weighted by atomic mass is 9.87. The Kier molecular flexibility index (Phi) is 5.97. The van der Waals surface area contributed by atoms with Crippen LogP contribution in [0.3, 0.4) is 0 Å². The van der Waals surface area contributed by atoms with Gasteiger partial charge in [0.05, 0.1) is 11.2 Å². The van der Waals surface area contributed by atoms with E-state index in [2.05, 4.69) is 36.2 Å². The average Bonchev–Trinajstić information content (AvgIpc) is 3.47. The highest BCUT2D eigenvalue weighted by Gasteiger charge is 2.42. The Labute approximate surface area is 216 Å². The van der Waals surface area contributed by atoms with Crippen molar-refractivity contribution in [2.75, 3.05) is 11.1 Å². The van der Waals surface area contributed by atoms with E-state index in [0.717, 1.165) is 11.3 Å². The van der Waals surface area contributed by atoms with Crippen LogP contribution < -0.4 is 11.1 Å². The van der Waals surface area contributed by atoms with Gasteiger partial charge in [-0.3, -0.25) is 4.79 Å². The van der Waals surface area contributed by atoms with Crippen LogP contribution in [0.5, 0.6) is 0 Å². The molecular formula is C28H24F3N5O2. The summed E-state index contributed by atoms with van der Waals surface area (Å²) in [5.41, 5.74) is 8.46. The molecule has 0 aliphatic rings. The average molecular weight is 520 g/mol. The van der Waals surface area contributed by atoms with E-state index in [1.807, 2.05) is 24.3 Å². The van der Waals surface area contributed by atoms with Crippen molar-refractivity contribution >= 4 is 28.3 Å². The SMILES string of the molecule is CC(C)(C)c1ccc(-n2nc(N)c3cc(NC(=O)c4nc(-c5ccccc5)oc4C(F)(F)F)ccc32)cc1. The molecule has 2 heterocycles. The summed E-state index contributed by atoms with van der Waals surface area (Å²) in [7, 11) is 0. The monoisotopic (exact) mass is 519 g/mol. The van der Waals surface area contributed by atoms with Crippen molar-refractivity contribution in [3.05, 3.63) is 89.8 Å². The first kappa shape index (κ1) is 25.1. The Morgan fingerprint density at radius 1 is 0.974 bits per heavy atom. The van der Waals surface area contributed by atoms with E-state index < -0.39 is 23.5 Å². The van der Waals surface area contributed by atoms with E-state index >= 15 is 0 Å². The van der Waals surface area contributed by atoms with Crippen molar-refractivity contribution in [1.82, 2.24) is 14.8 Å². The van der Waals surface area contributed by atoms with E-state index in [-0.39, 0.29) is 22.8 Å². The molecule has 0 saturated heterocycles. The number of oxazole rings is 1. The summed E-state index contributed by atoms with van der Waals surface area (Å²) in [6, 6.07) is 20.8. The lowest BCUT2D eigenvalue weighted by molar-refractivity contribution is -0.153. The molecule has 0 unspecified atom stereocenters. The van der Waals surface area contributed by atoms with Gasteiger partial charge in [0.15, 0.2) is 11.5 Å². The lowest BCUT2D eigenvalue weighted by Crippen LogP contribution is -2.18. The number of nitrogens with two attached hydrogens (primary N) is 1. The van der Waals surface area contributed by atoms with Gasteiger partial charge in [0.2, 0.25) is 11.7 Å². The zero-order valence-corrected chi connectivity index (χ0v) is 20.8. The molecule has 194 valence electrons. The maximum Gasteiger partial charge on any atom is 0.452 e. The number of hydrogen-bond donors (Lipinski definition) is 2. The second-order valence-electron chi connectivity index (χ2n) is 9.84. The maximum atomic E-state index is 13.7. The van der Waals surface area contributed by atoms with E-state index in [9.17, 15) is 18.0 Å². The fraction of sp³-hybridized carbons (Fsp3) is 0.179. The Hall–Kier alpha value is -4.60. The minimum Gasteiger partial charge on any atom is -0.431 e. The Balaban J connectivity index is 1.46. The number of rotatable bonds is 4. The van der Waals surface area contributed by atoms with Gasteiger partial charge in [-0.05, 0) is 53.4 Å². The number of alkyl halides is 3. The first-order valence-electron chi connectivity index (χ1n) is 11.8. The van der Waals surface area contributed by atoms with Gasteiger partial charge in [-0.1, -0.05) is 51.1 Å². The molecule has 0 atom stereocenters. The van der Waals surface area contributed by atoms with Gasteiger partial charge in [-0.15, -0.1) is 5.10 Å². The highest BCUT2D eigenvalue weighted by atomic mass is 19.4. The molecule has 0 aliphatic heterocycles. The summed E-state index contributed by atoms with van der Waals surface area (Å²) in [5, 5.41) is 7.42. The predicted molar refractivity (Wildman–Crippen MR) is 139 cm³/mol. The summed E-state index contributed by atoms with van der Waals surface area (Å²) in [4.78, 5) is 16.8. The van der Waals surface area contributed by atoms with Gasteiger partial charge in [0.1, 0.15) is 0 Å². The van der Waals surface area contributed by atoms with Crippen molar-refractivity contribution in [3.8, 4) is 17.1 Å². The van der Waals surface area contributed by atoms with Crippen LogP contribution in [0, 0.1) is 0 Å². The predicted octanol–water partition coefficient (Wildman–Crippen LogP) is 6.83. The Morgan fingerprint density at radius 3 is 2.29 bits per heavy atom. The largest absolute Gasteiger partial charge is 0.452 e. The van der Waals surface area contributed by atoms with Crippen LogP contribution in [-0.2, 0) is 11.6 Å². The van der Waals surface area contributed by atoms with E-state index in [0.29, 0.717) is 16.5 Å². The number of nitrogen functional groups attached to an aromatic ring is 1. The molecule has 0 aliphatic carbocycles. The molecule has 0 radical (unpaired) electrons. The Morgan fingerprint density at radius 2 is 1.66 bits per heavy atom. The van der Waals surface area contributed by atoms with E-state index in [1.54, 1.807) is 53.2 Å². The third-order valence-corrected chi connectivity index (χ3v) is 6.06. The van der Waals surface area contributed by atoms with E-state index in [1.165, 1.54) is 0 Å². The number of nitrogens with one attached hydrogen (secondary N) is 1. The third-order valence-electron chi connectivity index (χ3n) is 6.06. The van der Waals surface area contributed by atoms with Gasteiger partial charge < -0.3 is 15.5 Å². The zero-order valence-electron chi connectivity index (χ0n) is 20.8. The van der Waals surface area contributed by atoms with E-state index in [4.69, 9.17) is 10.2 Å². The van der Waals surface area contributed by atoms with Crippen molar-refractivity contribution in [3.63, 3.8) is 0 Å². The number of benzene rings is 3. The first-order chi connectivity index (χ1) is 17.9. The highest BCUT2D eigenvalue weighted by Crippen LogP contribution is 2.36. The molecule has 0 spiro atoms. The molecule has 0 bridgehead atoms. The Bertz CT molecular complexity index is 1630. The molecule has 5 aromatic rings. The lowest BCUT2D eigenvalue weighted by Gasteiger charge is -2.19. The minimum absolute atomic E-state index is 0.00542. The first-order valence-corrected chi connectivity index (χ1v) is 11.8. The van der Waals surface area contributed by atoms with Gasteiger partial charge in [0, 0.05) is 16.6 Å². The number of halogens is 3. The smallest absolute Gasteiger partial charge is 0.431 e. The molecule has 0 fully saturated rings. The third kappa shape index (κ3) is 4.72. The maximum absolute atomic E-state index is 13.7. The molecule has 2 aromatic heterocycles. The number of anilines is 2. The van der Waals surface area contributed by atoms with Crippen molar-refractivity contribution in [2.24, 2.45) is 0 Å². The number of nitrogens with zero attached hydrogens (tertiary/aromatic N) is 3. The standard InChI is InChI=1S/C28H24F3N5O2/c1-27(2,3)17-9-12-19(13-10-17)36-21-14-11-18(15-20(21)24(32)35-36)33-25(37)22-23(28(29,30)31)38-26(34-22)16-7-5-4-6-8-16/h4-15H,1-3H3,(H2,32,35)(H,33,37). The van der Waals surface area contributed by atoms with Gasteiger partial charge in [-0.2, -0.15) is 13.2 Å². The summed E-state index contributed by atoms with van der Waals surface area (Å²) < 4.78 is 47.6. The molecular weight excluding hydrogens is 495 g/mol. The minimum atomic E-state index is -4.91. The number of amides is 1. The number of aromatic nitrogens is 3. The topological polar surface area (TPSA) is 99.0 Å². The summed E-state index contributed by atoms with van der Waals surface area (Å²) in [6.07, 6.45) is -4.91. The van der Waals surface area contributed by atoms with Gasteiger partial charge in [-0.25, -0.2) is 9.67 Å². The van der Waals surface area contributed by atoms with Crippen LogP contribution >= 0.6 is 0 Å². The molecule has 1 amide bonds. The zero-order chi connectivity index (χ0) is 27.2. The van der Waals surface area contributed by atoms with Crippen molar-refractivity contribution in [1.29, 1.82) is 0 Å². The van der Waals surface area contributed by atoms with Crippen LogP contribution in [0.4, 0.5) is 24.7 Å². The van der Waals surface area contributed by atoms with Gasteiger partial charge in [0.25, 0.3) is 5.91 Å². The molecule has 3 N–H and O–H groups in total. The van der Waals surface area contributed by atoms with Crippen LogP contribution in [0.25, 0.3) is 28.0 Å². The molecule has 5 rings (SSSR count). The van der Waals surface area contributed by atoms with Gasteiger partial charge >= 0.3 is 6.18 Å².